The second-order valence-corrected chi connectivity index (χ2v) is 5.93. The zero-order valence-electron chi connectivity index (χ0n) is 10.6. The lowest BCUT2D eigenvalue weighted by Crippen LogP contribution is -2.37. The molecule has 0 saturated heterocycles. The van der Waals surface area contributed by atoms with E-state index in [2.05, 4.69) is 33.0 Å². The quantitative estimate of drug-likeness (QED) is 0.642. The van der Waals surface area contributed by atoms with Crippen molar-refractivity contribution in [2.75, 3.05) is 18.9 Å². The van der Waals surface area contributed by atoms with Gasteiger partial charge in [0.2, 0.25) is 0 Å². The van der Waals surface area contributed by atoms with E-state index in [1.54, 1.807) is 0 Å². The Bertz CT molecular complexity index is 142. The molecule has 2 atom stereocenters. The predicted molar refractivity (Wildman–Crippen MR) is 70.5 cm³/mol. The largest absolute Gasteiger partial charge is 0.396 e. The van der Waals surface area contributed by atoms with Gasteiger partial charge in [-0.2, -0.15) is 11.8 Å². The van der Waals surface area contributed by atoms with Crippen LogP contribution in [-0.2, 0) is 0 Å². The summed E-state index contributed by atoms with van der Waals surface area (Å²) in [5.41, 5.74) is 0. The average Bonchev–Trinajstić information content (AvgIpc) is 2.17. The van der Waals surface area contributed by atoms with Crippen molar-refractivity contribution in [1.29, 1.82) is 0 Å². The Balaban J connectivity index is 3.74. The third-order valence-corrected chi connectivity index (χ3v) is 3.91. The molecule has 0 bridgehead atoms. The topological polar surface area (TPSA) is 32.3 Å². The highest BCUT2D eigenvalue weighted by molar-refractivity contribution is 7.99. The molecule has 0 spiro atoms. The fourth-order valence-corrected chi connectivity index (χ4v) is 2.66. The first kappa shape index (κ1) is 15.3. The molecule has 92 valence electrons. The van der Waals surface area contributed by atoms with Crippen LogP contribution in [0.15, 0.2) is 0 Å². The molecule has 2 nitrogen and oxygen atoms in total. The number of rotatable bonds is 9. The maximum Gasteiger partial charge on any atom is 0.0441 e. The SMILES string of the molecule is CCCNC(CSC(C)CCO)C(C)C. The van der Waals surface area contributed by atoms with E-state index in [-0.39, 0.29) is 0 Å². The molecule has 0 amide bonds. The molecule has 0 heterocycles. The molecule has 0 aliphatic heterocycles. The molecule has 0 aliphatic rings. The summed E-state index contributed by atoms with van der Waals surface area (Å²) in [5, 5.41) is 13.0. The summed E-state index contributed by atoms with van der Waals surface area (Å²) in [6.45, 7) is 10.3. The summed E-state index contributed by atoms with van der Waals surface area (Å²) < 4.78 is 0. The second-order valence-electron chi connectivity index (χ2n) is 4.46. The normalized spacial score (nSPS) is 15.6. The van der Waals surface area contributed by atoms with Gasteiger partial charge in [-0.05, 0) is 25.3 Å². The van der Waals surface area contributed by atoms with E-state index in [0.29, 0.717) is 23.8 Å². The lowest BCUT2D eigenvalue weighted by atomic mass is 10.1. The van der Waals surface area contributed by atoms with Crippen LogP contribution in [-0.4, -0.2) is 35.3 Å². The van der Waals surface area contributed by atoms with Gasteiger partial charge in [-0.25, -0.2) is 0 Å². The molecule has 0 aromatic heterocycles. The van der Waals surface area contributed by atoms with Gasteiger partial charge in [-0.15, -0.1) is 0 Å². The van der Waals surface area contributed by atoms with Gasteiger partial charge < -0.3 is 10.4 Å². The van der Waals surface area contributed by atoms with E-state index in [1.165, 1.54) is 6.42 Å². The predicted octanol–water partition coefficient (Wildman–Crippen LogP) is 2.51. The second kappa shape index (κ2) is 9.49. The summed E-state index contributed by atoms with van der Waals surface area (Å²) in [7, 11) is 0. The number of aliphatic hydroxyl groups excluding tert-OH is 1. The highest BCUT2D eigenvalue weighted by Crippen LogP contribution is 2.17. The molecule has 0 rings (SSSR count). The van der Waals surface area contributed by atoms with Gasteiger partial charge in [0, 0.05) is 23.7 Å². The maximum absolute atomic E-state index is 8.82. The van der Waals surface area contributed by atoms with Crippen molar-refractivity contribution >= 4 is 11.8 Å². The van der Waals surface area contributed by atoms with Gasteiger partial charge in [0.1, 0.15) is 0 Å². The Labute approximate surface area is 99.2 Å². The molecular formula is C12H27NOS. The van der Waals surface area contributed by atoms with Crippen molar-refractivity contribution in [3.63, 3.8) is 0 Å². The molecule has 0 aromatic rings. The third kappa shape index (κ3) is 8.12. The molecule has 0 radical (unpaired) electrons. The smallest absolute Gasteiger partial charge is 0.0441 e. The van der Waals surface area contributed by atoms with Crippen molar-refractivity contribution < 1.29 is 5.11 Å². The molecule has 0 aromatic carbocycles. The summed E-state index contributed by atoms with van der Waals surface area (Å²) in [6.07, 6.45) is 2.10. The van der Waals surface area contributed by atoms with Gasteiger partial charge in [0.05, 0.1) is 0 Å². The van der Waals surface area contributed by atoms with Crippen molar-refractivity contribution in [3.8, 4) is 0 Å². The fraction of sp³-hybridized carbons (Fsp3) is 1.00. The molecule has 15 heavy (non-hydrogen) atoms. The summed E-state index contributed by atoms with van der Waals surface area (Å²) >= 11 is 1.97. The highest BCUT2D eigenvalue weighted by atomic mass is 32.2. The summed E-state index contributed by atoms with van der Waals surface area (Å²) in [5.74, 6) is 1.84. The van der Waals surface area contributed by atoms with E-state index in [4.69, 9.17) is 5.11 Å². The molecule has 0 aliphatic carbocycles. The van der Waals surface area contributed by atoms with Crippen LogP contribution in [0.2, 0.25) is 0 Å². The number of hydrogen-bond donors (Lipinski definition) is 2. The van der Waals surface area contributed by atoms with Gasteiger partial charge in [0.25, 0.3) is 0 Å². The molecule has 3 heteroatoms. The van der Waals surface area contributed by atoms with Crippen LogP contribution in [0.3, 0.4) is 0 Å². The minimum absolute atomic E-state index is 0.308. The number of hydrogen-bond acceptors (Lipinski definition) is 3. The summed E-state index contributed by atoms with van der Waals surface area (Å²) in [6, 6.07) is 0.607. The van der Waals surface area contributed by atoms with Crippen molar-refractivity contribution in [2.45, 2.75) is 51.8 Å². The average molecular weight is 233 g/mol. The van der Waals surface area contributed by atoms with E-state index in [9.17, 15) is 0 Å². The minimum atomic E-state index is 0.308. The van der Waals surface area contributed by atoms with Gasteiger partial charge in [-0.1, -0.05) is 27.7 Å². The molecule has 0 fully saturated rings. The zero-order chi connectivity index (χ0) is 11.7. The van der Waals surface area contributed by atoms with E-state index >= 15 is 0 Å². The first-order chi connectivity index (χ1) is 7.11. The Morgan fingerprint density at radius 1 is 1.27 bits per heavy atom. The van der Waals surface area contributed by atoms with Crippen LogP contribution in [0.1, 0.15) is 40.5 Å². The minimum Gasteiger partial charge on any atom is -0.396 e. The molecular weight excluding hydrogens is 206 g/mol. The van der Waals surface area contributed by atoms with E-state index in [0.717, 1.165) is 18.7 Å². The van der Waals surface area contributed by atoms with Crippen LogP contribution < -0.4 is 5.32 Å². The number of nitrogens with one attached hydrogen (secondary N) is 1. The lowest BCUT2D eigenvalue weighted by Gasteiger charge is -2.23. The Kier molecular flexibility index (Phi) is 9.66. The van der Waals surface area contributed by atoms with E-state index < -0.39 is 0 Å². The first-order valence-electron chi connectivity index (χ1n) is 6.07. The maximum atomic E-state index is 8.82. The van der Waals surface area contributed by atoms with Crippen LogP contribution >= 0.6 is 11.8 Å². The van der Waals surface area contributed by atoms with Crippen molar-refractivity contribution in [1.82, 2.24) is 5.32 Å². The molecule has 2 unspecified atom stereocenters. The number of aliphatic hydroxyl groups is 1. The Hall–Kier alpha value is 0.270. The molecule has 0 saturated carbocycles. The molecule has 2 N–H and O–H groups in total. The van der Waals surface area contributed by atoms with Crippen LogP contribution in [0.4, 0.5) is 0 Å². The van der Waals surface area contributed by atoms with Crippen molar-refractivity contribution in [3.05, 3.63) is 0 Å². The first-order valence-corrected chi connectivity index (χ1v) is 7.12. The van der Waals surface area contributed by atoms with Gasteiger partial charge in [0.15, 0.2) is 0 Å². The van der Waals surface area contributed by atoms with Crippen LogP contribution in [0.5, 0.6) is 0 Å². The van der Waals surface area contributed by atoms with E-state index in [1.807, 2.05) is 11.8 Å². The highest BCUT2D eigenvalue weighted by Gasteiger charge is 2.13. The Morgan fingerprint density at radius 2 is 1.93 bits per heavy atom. The standard InChI is InChI=1S/C12H27NOS/c1-5-7-13-12(10(2)3)9-15-11(4)6-8-14/h10-14H,5-9H2,1-4H3. The Morgan fingerprint density at radius 3 is 2.40 bits per heavy atom. The monoisotopic (exact) mass is 233 g/mol. The van der Waals surface area contributed by atoms with Crippen molar-refractivity contribution in [2.24, 2.45) is 5.92 Å². The van der Waals surface area contributed by atoms with Gasteiger partial charge >= 0.3 is 0 Å². The van der Waals surface area contributed by atoms with Crippen LogP contribution in [0.25, 0.3) is 0 Å². The summed E-state index contributed by atoms with van der Waals surface area (Å²) in [4.78, 5) is 0. The van der Waals surface area contributed by atoms with Gasteiger partial charge in [-0.3, -0.25) is 0 Å². The third-order valence-electron chi connectivity index (χ3n) is 2.56. The van der Waals surface area contributed by atoms with Crippen LogP contribution in [0, 0.1) is 5.92 Å². The fourth-order valence-electron chi connectivity index (χ4n) is 1.35. The zero-order valence-corrected chi connectivity index (χ0v) is 11.4. The number of thioether (sulfide) groups is 1. The lowest BCUT2D eigenvalue weighted by molar-refractivity contribution is 0.289.